The Morgan fingerprint density at radius 1 is 1.00 bits per heavy atom. The Kier molecular flexibility index (Phi) is 6.94. The van der Waals surface area contributed by atoms with Crippen LogP contribution in [0.15, 0.2) is 42.6 Å². The molecule has 2 saturated carbocycles. The molecule has 12 heteroatoms. The van der Waals surface area contributed by atoms with E-state index < -0.39 is 5.91 Å². The number of pyridine rings is 2. The highest BCUT2D eigenvalue weighted by Crippen LogP contribution is 2.40. The molecule has 3 aliphatic rings. The van der Waals surface area contributed by atoms with Crippen molar-refractivity contribution >= 4 is 33.9 Å². The third-order valence-electron chi connectivity index (χ3n) is 10.2. The van der Waals surface area contributed by atoms with Crippen molar-refractivity contribution in [2.45, 2.75) is 50.7 Å². The summed E-state index contributed by atoms with van der Waals surface area (Å²) in [4.78, 5) is 41.9. The molecular weight excluding hydrogens is 596 g/mol. The lowest BCUT2D eigenvalue weighted by Gasteiger charge is -2.27. The summed E-state index contributed by atoms with van der Waals surface area (Å²) in [6.45, 7) is 1.52. The quantitative estimate of drug-likeness (QED) is 0.249. The molecule has 8 rings (SSSR count). The van der Waals surface area contributed by atoms with Crippen LogP contribution in [0, 0.1) is 11.8 Å². The van der Waals surface area contributed by atoms with Gasteiger partial charge in [0.05, 0.1) is 43.2 Å². The number of amides is 2. The number of aromatic nitrogens is 5. The Balaban J connectivity index is 1.21. The number of rotatable bonds is 9. The number of nitrogens with two attached hydrogens (primary N) is 2. The molecule has 2 unspecified atom stereocenters. The number of carbonyl (C=O) groups is 2. The molecule has 0 spiro atoms. The summed E-state index contributed by atoms with van der Waals surface area (Å²) in [5.41, 5.74) is 17.7. The van der Waals surface area contributed by atoms with Crippen molar-refractivity contribution < 1.29 is 19.1 Å². The van der Waals surface area contributed by atoms with Crippen LogP contribution in [0.3, 0.4) is 0 Å². The first kappa shape index (κ1) is 29.4. The maximum atomic E-state index is 13.7. The van der Waals surface area contributed by atoms with Crippen LogP contribution in [-0.4, -0.2) is 73.6 Å². The highest BCUT2D eigenvalue weighted by molar-refractivity contribution is 6.00. The molecule has 2 aliphatic carbocycles. The fraction of sp³-hybridized carbons (Fsp3) is 0.400. The van der Waals surface area contributed by atoms with Crippen molar-refractivity contribution in [2.24, 2.45) is 30.4 Å². The molecule has 1 aliphatic heterocycles. The van der Waals surface area contributed by atoms with Gasteiger partial charge in [0.15, 0.2) is 5.82 Å². The second kappa shape index (κ2) is 11.1. The van der Waals surface area contributed by atoms with E-state index in [4.69, 9.17) is 30.9 Å². The number of ether oxygens (including phenoxy) is 2. The van der Waals surface area contributed by atoms with Gasteiger partial charge in [-0.05, 0) is 73.9 Å². The lowest BCUT2D eigenvalue weighted by molar-refractivity contribution is -0.117. The molecule has 4 N–H and O–H groups in total. The minimum atomic E-state index is -0.473. The summed E-state index contributed by atoms with van der Waals surface area (Å²) in [7, 11) is 5.16. The Bertz CT molecular complexity index is 2080. The molecule has 4 aromatic heterocycles. The number of primary amides is 1. The largest absolute Gasteiger partial charge is 0.495 e. The van der Waals surface area contributed by atoms with E-state index in [9.17, 15) is 9.59 Å². The Hall–Kier alpha value is -4.97. The van der Waals surface area contributed by atoms with Gasteiger partial charge in [-0.25, -0.2) is 9.97 Å². The second-order valence-electron chi connectivity index (χ2n) is 13.2. The number of hydrogen-bond acceptors (Lipinski definition) is 8. The zero-order valence-corrected chi connectivity index (χ0v) is 26.8. The average molecular weight is 635 g/mol. The third kappa shape index (κ3) is 4.89. The first-order chi connectivity index (χ1) is 22.7. The summed E-state index contributed by atoms with van der Waals surface area (Å²) in [5, 5.41) is 0.991. The van der Waals surface area contributed by atoms with Gasteiger partial charge in [-0.2, -0.15) is 0 Å². The minimum Gasteiger partial charge on any atom is -0.495 e. The van der Waals surface area contributed by atoms with Gasteiger partial charge < -0.3 is 35.0 Å². The van der Waals surface area contributed by atoms with Crippen LogP contribution < -0.4 is 20.9 Å². The number of methoxy groups -OCH3 is 2. The van der Waals surface area contributed by atoms with E-state index in [2.05, 4.69) is 21.7 Å². The number of nitrogens with zero attached hydrogens (tertiary/aromatic N) is 6. The lowest BCUT2D eigenvalue weighted by Crippen LogP contribution is -2.41. The van der Waals surface area contributed by atoms with Gasteiger partial charge in [-0.3, -0.25) is 14.6 Å². The third-order valence-corrected chi connectivity index (χ3v) is 10.2. The highest BCUT2D eigenvalue weighted by Gasteiger charge is 2.47. The summed E-state index contributed by atoms with van der Waals surface area (Å²) in [6, 6.07) is 11.8. The first-order valence-electron chi connectivity index (χ1n) is 16.2. The average Bonchev–Trinajstić information content (AvgIpc) is 3.47. The number of fused-ring (bicyclic) bond motifs is 4. The van der Waals surface area contributed by atoms with Crippen LogP contribution in [0.1, 0.15) is 41.7 Å². The molecule has 242 valence electrons. The molecule has 0 radical (unpaired) electrons. The fourth-order valence-corrected chi connectivity index (χ4v) is 7.57. The highest BCUT2D eigenvalue weighted by atomic mass is 16.5. The van der Waals surface area contributed by atoms with Gasteiger partial charge in [0.25, 0.3) is 5.91 Å². The van der Waals surface area contributed by atoms with Crippen molar-refractivity contribution in [3.63, 3.8) is 0 Å². The van der Waals surface area contributed by atoms with E-state index in [0.717, 1.165) is 58.7 Å². The standard InChI is InChI=1S/C35H38N8O4/c1-41-32-25(10-21(12-29(32)47-3)35(45)43-17-20-7-9-26(43)31(20)37)40-34(41)27-11-19-6-8-23(39-33(19)42(27)16-18-4-5-18)22-13-28(46-2)24(38-15-22)14-30(36)44/h6,8,10-13,15,18,20,26,31H,4-5,7,9,14,16-17,37H2,1-3H3,(H2,36,44)/t20?,26?,31-/m1/s1. The Morgan fingerprint density at radius 3 is 2.49 bits per heavy atom. The van der Waals surface area contributed by atoms with E-state index in [0.29, 0.717) is 46.7 Å². The van der Waals surface area contributed by atoms with Crippen LogP contribution in [0.5, 0.6) is 11.5 Å². The number of benzene rings is 1. The van der Waals surface area contributed by atoms with Crippen LogP contribution in [0.4, 0.5) is 0 Å². The SMILES string of the molecule is COc1cc(-c2ccc3cc(-c4nc5cc(C(=O)N6CC7CCC6[C@@H]7N)cc(OC)c5n4C)n(CC4CC4)c3n2)cnc1CC(N)=O. The van der Waals surface area contributed by atoms with E-state index in [1.54, 1.807) is 20.4 Å². The molecule has 2 amide bonds. The van der Waals surface area contributed by atoms with Crippen LogP contribution in [-0.2, 0) is 24.8 Å². The predicted molar refractivity (Wildman–Crippen MR) is 177 cm³/mol. The van der Waals surface area contributed by atoms with Crippen LogP contribution >= 0.6 is 0 Å². The normalized spacial score (nSPS) is 20.4. The molecule has 3 atom stereocenters. The molecule has 12 nitrogen and oxygen atoms in total. The van der Waals surface area contributed by atoms with Gasteiger partial charge >= 0.3 is 0 Å². The summed E-state index contributed by atoms with van der Waals surface area (Å²) in [5.74, 6) is 2.31. The number of piperidine rings is 1. The van der Waals surface area contributed by atoms with Gasteiger partial charge in [0.1, 0.15) is 22.7 Å². The molecular formula is C35H38N8O4. The number of hydrogen-bond donors (Lipinski definition) is 2. The lowest BCUT2D eigenvalue weighted by atomic mass is 10.1. The molecule has 3 fully saturated rings. The van der Waals surface area contributed by atoms with Gasteiger partial charge in [0, 0.05) is 54.9 Å². The van der Waals surface area contributed by atoms with Crippen LogP contribution in [0.25, 0.3) is 44.8 Å². The summed E-state index contributed by atoms with van der Waals surface area (Å²) in [6.07, 6.45) is 6.07. The van der Waals surface area contributed by atoms with Gasteiger partial charge in [0.2, 0.25) is 5.91 Å². The fourth-order valence-electron chi connectivity index (χ4n) is 7.57. The van der Waals surface area contributed by atoms with E-state index in [1.165, 1.54) is 12.8 Å². The molecule has 1 aromatic carbocycles. The zero-order valence-electron chi connectivity index (χ0n) is 26.8. The number of aryl methyl sites for hydroxylation is 1. The summed E-state index contributed by atoms with van der Waals surface area (Å²) >= 11 is 0. The first-order valence-corrected chi connectivity index (χ1v) is 16.2. The van der Waals surface area contributed by atoms with E-state index >= 15 is 0 Å². The maximum Gasteiger partial charge on any atom is 0.254 e. The second-order valence-corrected chi connectivity index (χ2v) is 13.2. The van der Waals surface area contributed by atoms with E-state index in [1.807, 2.05) is 40.8 Å². The van der Waals surface area contributed by atoms with Gasteiger partial charge in [-0.1, -0.05) is 0 Å². The zero-order chi connectivity index (χ0) is 32.6. The van der Waals surface area contributed by atoms with Crippen molar-refractivity contribution in [1.29, 1.82) is 0 Å². The van der Waals surface area contributed by atoms with Crippen molar-refractivity contribution in [2.75, 3.05) is 20.8 Å². The predicted octanol–water partition coefficient (Wildman–Crippen LogP) is 3.67. The maximum absolute atomic E-state index is 13.7. The van der Waals surface area contributed by atoms with Crippen molar-refractivity contribution in [3.05, 3.63) is 53.9 Å². The monoisotopic (exact) mass is 634 g/mol. The topological polar surface area (TPSA) is 156 Å². The molecule has 5 heterocycles. The number of likely N-dealkylation sites (tertiary alicyclic amines) is 1. The number of carbonyl (C=O) groups excluding carboxylic acids is 2. The Labute approximate surface area is 271 Å². The molecule has 1 saturated heterocycles. The smallest absolute Gasteiger partial charge is 0.254 e. The molecule has 5 aromatic rings. The molecule has 47 heavy (non-hydrogen) atoms. The van der Waals surface area contributed by atoms with Gasteiger partial charge in [-0.15, -0.1) is 0 Å². The van der Waals surface area contributed by atoms with Crippen molar-refractivity contribution in [3.8, 4) is 34.3 Å². The molecule has 2 bridgehead atoms. The van der Waals surface area contributed by atoms with E-state index in [-0.39, 0.29) is 24.4 Å². The van der Waals surface area contributed by atoms with Crippen LogP contribution in [0.2, 0.25) is 0 Å². The van der Waals surface area contributed by atoms with Crippen molar-refractivity contribution in [1.82, 2.24) is 29.0 Å². The Morgan fingerprint density at radius 2 is 1.81 bits per heavy atom. The summed E-state index contributed by atoms with van der Waals surface area (Å²) < 4.78 is 15.7. The minimum absolute atomic E-state index is 0.00458. The number of imidazole rings is 1.